The van der Waals surface area contributed by atoms with Crippen molar-refractivity contribution < 1.29 is 21.6 Å². The van der Waals surface area contributed by atoms with Crippen LogP contribution in [0.1, 0.15) is 19.8 Å². The van der Waals surface area contributed by atoms with Gasteiger partial charge in [0.1, 0.15) is 17.5 Å². The fraction of sp³-hybridized carbons (Fsp3) is 0.500. The second kappa shape index (κ2) is 5.34. The van der Waals surface area contributed by atoms with Gasteiger partial charge in [-0.05, 0) is 19.8 Å². The second-order valence-corrected chi connectivity index (χ2v) is 6.78. The van der Waals surface area contributed by atoms with Crippen molar-refractivity contribution in [1.82, 2.24) is 4.31 Å². The molecule has 8 heteroatoms. The van der Waals surface area contributed by atoms with Crippen molar-refractivity contribution in [2.75, 3.05) is 6.54 Å². The zero-order valence-corrected chi connectivity index (χ0v) is 11.6. The summed E-state index contributed by atoms with van der Waals surface area (Å²) in [5.74, 6) is -4.01. The van der Waals surface area contributed by atoms with Crippen molar-refractivity contribution in [3.63, 3.8) is 0 Å². The van der Waals surface area contributed by atoms with Gasteiger partial charge in [0, 0.05) is 30.8 Å². The van der Waals surface area contributed by atoms with Crippen LogP contribution in [0.25, 0.3) is 0 Å². The summed E-state index contributed by atoms with van der Waals surface area (Å²) in [7, 11) is -4.35. The van der Waals surface area contributed by atoms with Gasteiger partial charge in [-0.15, -0.1) is 0 Å². The maximum absolute atomic E-state index is 13.7. The Bertz CT molecular complexity index is 598. The van der Waals surface area contributed by atoms with Crippen LogP contribution in [0.5, 0.6) is 0 Å². The molecule has 2 unspecified atom stereocenters. The molecule has 2 N–H and O–H groups in total. The fourth-order valence-corrected chi connectivity index (χ4v) is 4.19. The third kappa shape index (κ3) is 2.68. The van der Waals surface area contributed by atoms with Crippen LogP contribution >= 0.6 is 0 Å². The maximum Gasteiger partial charge on any atom is 0.249 e. The highest BCUT2D eigenvalue weighted by Gasteiger charge is 2.37. The summed E-state index contributed by atoms with van der Waals surface area (Å²) in [4.78, 5) is -1.11. The monoisotopic (exact) mass is 308 g/mol. The number of nitrogens with zero attached hydrogens (tertiary/aromatic N) is 1. The first kappa shape index (κ1) is 15.3. The van der Waals surface area contributed by atoms with Crippen LogP contribution < -0.4 is 5.73 Å². The molecule has 1 heterocycles. The molecular weight excluding hydrogens is 293 g/mol. The van der Waals surface area contributed by atoms with E-state index in [2.05, 4.69) is 0 Å². The molecule has 1 saturated heterocycles. The molecule has 20 heavy (non-hydrogen) atoms. The van der Waals surface area contributed by atoms with Crippen LogP contribution in [0.4, 0.5) is 13.2 Å². The van der Waals surface area contributed by atoms with E-state index in [0.717, 1.165) is 4.31 Å². The topological polar surface area (TPSA) is 63.4 Å². The first-order valence-corrected chi connectivity index (χ1v) is 7.59. The minimum absolute atomic E-state index is 0.0842. The number of benzene rings is 1. The number of nitrogens with two attached hydrogens (primary N) is 1. The Labute approximate surface area is 115 Å². The molecule has 112 valence electrons. The van der Waals surface area contributed by atoms with Gasteiger partial charge in [-0.1, -0.05) is 0 Å². The largest absolute Gasteiger partial charge is 0.328 e. The molecule has 2 atom stereocenters. The molecule has 4 nitrogen and oxygen atoms in total. The summed E-state index contributed by atoms with van der Waals surface area (Å²) in [5, 5.41) is 0. The smallest absolute Gasteiger partial charge is 0.249 e. The van der Waals surface area contributed by atoms with Crippen molar-refractivity contribution >= 4 is 10.0 Å². The third-order valence-corrected chi connectivity index (χ3v) is 5.45. The Balaban J connectivity index is 2.46. The number of rotatable bonds is 2. The van der Waals surface area contributed by atoms with Gasteiger partial charge in [0.15, 0.2) is 4.90 Å². The predicted molar refractivity (Wildman–Crippen MR) is 66.9 cm³/mol. The van der Waals surface area contributed by atoms with Crippen molar-refractivity contribution in [2.45, 2.75) is 36.7 Å². The number of sulfonamides is 1. The number of halogens is 3. The van der Waals surface area contributed by atoms with Crippen molar-refractivity contribution in [1.29, 1.82) is 0 Å². The van der Waals surface area contributed by atoms with Gasteiger partial charge in [-0.2, -0.15) is 4.31 Å². The van der Waals surface area contributed by atoms with E-state index in [1.165, 1.54) is 0 Å². The molecule has 0 amide bonds. The predicted octanol–water partition coefficient (Wildman–Crippen LogP) is 1.60. The normalized spacial score (nSPS) is 24.9. The summed E-state index contributed by atoms with van der Waals surface area (Å²) in [5.41, 5.74) is 5.73. The first-order chi connectivity index (χ1) is 9.23. The lowest BCUT2D eigenvalue weighted by Crippen LogP contribution is -2.48. The summed E-state index contributed by atoms with van der Waals surface area (Å²) >= 11 is 0. The quantitative estimate of drug-likeness (QED) is 0.902. The van der Waals surface area contributed by atoms with E-state index in [4.69, 9.17) is 5.73 Å². The molecule has 1 aromatic rings. The van der Waals surface area contributed by atoms with E-state index in [-0.39, 0.29) is 12.6 Å². The molecule has 1 aliphatic heterocycles. The van der Waals surface area contributed by atoms with E-state index < -0.39 is 38.4 Å². The zero-order chi connectivity index (χ0) is 15.1. The molecule has 0 aliphatic carbocycles. The fourth-order valence-electron chi connectivity index (χ4n) is 2.44. The molecule has 0 radical (unpaired) electrons. The summed E-state index contributed by atoms with van der Waals surface area (Å²) in [6, 6.07) is 0.110. The Morgan fingerprint density at radius 2 is 1.80 bits per heavy atom. The van der Waals surface area contributed by atoms with Crippen molar-refractivity contribution in [2.24, 2.45) is 5.73 Å². The van der Waals surface area contributed by atoms with E-state index in [1.54, 1.807) is 6.92 Å². The summed E-state index contributed by atoms with van der Waals surface area (Å²) in [6.45, 7) is 1.71. The van der Waals surface area contributed by atoms with Gasteiger partial charge in [0.2, 0.25) is 10.0 Å². The number of hydrogen-bond donors (Lipinski definition) is 1. The Morgan fingerprint density at radius 1 is 1.25 bits per heavy atom. The summed E-state index contributed by atoms with van der Waals surface area (Å²) < 4.78 is 65.9. The maximum atomic E-state index is 13.7. The molecule has 0 aromatic heterocycles. The van der Waals surface area contributed by atoms with Crippen LogP contribution in [0.2, 0.25) is 0 Å². The molecule has 2 rings (SSSR count). The van der Waals surface area contributed by atoms with E-state index in [0.29, 0.717) is 25.0 Å². The molecule has 1 fully saturated rings. The van der Waals surface area contributed by atoms with Crippen molar-refractivity contribution in [3.8, 4) is 0 Å². The lowest BCUT2D eigenvalue weighted by atomic mass is 10.0. The standard InChI is InChI=1S/C12H15F3N2O2S/c1-7-4-9(16)2-3-17(7)20(18,19)12-10(14)5-8(13)6-11(12)15/h5-7,9H,2-4,16H2,1H3. The Morgan fingerprint density at radius 3 is 2.30 bits per heavy atom. The van der Waals surface area contributed by atoms with Crippen LogP contribution in [0.15, 0.2) is 17.0 Å². The first-order valence-electron chi connectivity index (χ1n) is 6.15. The van der Waals surface area contributed by atoms with E-state index in [9.17, 15) is 21.6 Å². The summed E-state index contributed by atoms with van der Waals surface area (Å²) in [6.07, 6.45) is 0.817. The Kier molecular flexibility index (Phi) is 4.08. The highest BCUT2D eigenvalue weighted by atomic mass is 32.2. The van der Waals surface area contributed by atoms with Crippen LogP contribution in [0.3, 0.4) is 0 Å². The lowest BCUT2D eigenvalue weighted by Gasteiger charge is -2.35. The molecule has 0 saturated carbocycles. The SMILES string of the molecule is CC1CC(N)CCN1S(=O)(=O)c1c(F)cc(F)cc1F. The van der Waals surface area contributed by atoms with Crippen molar-refractivity contribution in [3.05, 3.63) is 29.6 Å². The molecular formula is C12H15F3N2O2S. The molecule has 1 aliphatic rings. The van der Waals surface area contributed by atoms with E-state index in [1.807, 2.05) is 0 Å². The van der Waals surface area contributed by atoms with Crippen LogP contribution in [-0.4, -0.2) is 31.4 Å². The lowest BCUT2D eigenvalue weighted by molar-refractivity contribution is 0.245. The van der Waals surface area contributed by atoms with Gasteiger partial charge in [-0.25, -0.2) is 21.6 Å². The van der Waals surface area contributed by atoms with Crippen LogP contribution in [-0.2, 0) is 10.0 Å². The van der Waals surface area contributed by atoms with Gasteiger partial charge in [-0.3, -0.25) is 0 Å². The van der Waals surface area contributed by atoms with Gasteiger partial charge in [0.05, 0.1) is 0 Å². The third-order valence-electron chi connectivity index (χ3n) is 3.39. The zero-order valence-electron chi connectivity index (χ0n) is 10.8. The van der Waals surface area contributed by atoms with E-state index >= 15 is 0 Å². The minimum atomic E-state index is -4.35. The van der Waals surface area contributed by atoms with Gasteiger partial charge in [0.25, 0.3) is 0 Å². The van der Waals surface area contributed by atoms with Gasteiger partial charge < -0.3 is 5.73 Å². The molecule has 0 bridgehead atoms. The average molecular weight is 308 g/mol. The number of hydrogen-bond acceptors (Lipinski definition) is 3. The highest BCUT2D eigenvalue weighted by molar-refractivity contribution is 7.89. The second-order valence-electron chi connectivity index (χ2n) is 4.95. The Hall–Kier alpha value is -1.12. The average Bonchev–Trinajstić information content (AvgIpc) is 2.25. The molecule has 0 spiro atoms. The highest BCUT2D eigenvalue weighted by Crippen LogP contribution is 2.28. The molecule has 1 aromatic carbocycles. The van der Waals surface area contributed by atoms with Gasteiger partial charge >= 0.3 is 0 Å². The minimum Gasteiger partial charge on any atom is -0.328 e. The van der Waals surface area contributed by atoms with Crippen LogP contribution in [0, 0.1) is 17.5 Å². The number of piperidine rings is 1.